The van der Waals surface area contributed by atoms with Crippen LogP contribution in [0.15, 0.2) is 47.8 Å². The minimum Gasteiger partial charge on any atom is -0.497 e. The number of ether oxygens (including phenoxy) is 2. The molecule has 0 radical (unpaired) electrons. The van der Waals surface area contributed by atoms with Crippen LogP contribution in [0.4, 0.5) is 16.5 Å². The van der Waals surface area contributed by atoms with Crippen molar-refractivity contribution in [1.29, 1.82) is 0 Å². The smallest absolute Gasteiger partial charge is 0.275 e. The van der Waals surface area contributed by atoms with Gasteiger partial charge in [0.05, 0.1) is 14.2 Å². The predicted molar refractivity (Wildman–Crippen MR) is 118 cm³/mol. The third-order valence-corrected chi connectivity index (χ3v) is 4.79. The van der Waals surface area contributed by atoms with E-state index in [0.717, 1.165) is 11.3 Å². The topological polar surface area (TPSA) is 119 Å². The Kier molecular flexibility index (Phi) is 6.83. The van der Waals surface area contributed by atoms with E-state index in [1.54, 1.807) is 47.8 Å². The van der Waals surface area contributed by atoms with Gasteiger partial charge in [-0.2, -0.15) is 0 Å². The monoisotopic (exact) mass is 440 g/mol. The summed E-state index contributed by atoms with van der Waals surface area (Å²) in [7, 11) is 2.99. The molecule has 1 heterocycles. The molecule has 3 amide bonds. The van der Waals surface area contributed by atoms with E-state index < -0.39 is 11.8 Å². The molecule has 160 valence electrons. The molecule has 0 unspecified atom stereocenters. The Balaban J connectivity index is 1.65. The molecule has 3 aromatic rings. The fourth-order valence-corrected chi connectivity index (χ4v) is 3.26. The van der Waals surface area contributed by atoms with Gasteiger partial charge in [-0.1, -0.05) is 0 Å². The molecule has 0 spiro atoms. The van der Waals surface area contributed by atoms with Crippen molar-refractivity contribution in [1.82, 2.24) is 4.98 Å². The molecule has 0 atom stereocenters. The van der Waals surface area contributed by atoms with Crippen LogP contribution in [0.2, 0.25) is 0 Å². The van der Waals surface area contributed by atoms with Crippen LogP contribution in [0.25, 0.3) is 0 Å². The number of benzene rings is 2. The van der Waals surface area contributed by atoms with Crippen molar-refractivity contribution in [2.24, 2.45) is 0 Å². The van der Waals surface area contributed by atoms with Crippen molar-refractivity contribution in [3.63, 3.8) is 0 Å². The van der Waals surface area contributed by atoms with Crippen LogP contribution in [-0.4, -0.2) is 36.9 Å². The first kappa shape index (κ1) is 21.8. The zero-order chi connectivity index (χ0) is 22.4. The van der Waals surface area contributed by atoms with E-state index in [4.69, 9.17) is 9.47 Å². The molecule has 0 fully saturated rings. The van der Waals surface area contributed by atoms with E-state index in [2.05, 4.69) is 20.9 Å². The van der Waals surface area contributed by atoms with Crippen molar-refractivity contribution >= 4 is 45.6 Å². The number of nitrogens with zero attached hydrogens (tertiary/aromatic N) is 1. The summed E-state index contributed by atoms with van der Waals surface area (Å²) in [6, 6.07) is 11.5. The molecular formula is C21H20N4O5S. The summed E-state index contributed by atoms with van der Waals surface area (Å²) in [5.74, 6) is -0.0539. The number of methoxy groups -OCH3 is 2. The number of rotatable bonds is 7. The van der Waals surface area contributed by atoms with Gasteiger partial charge in [0, 0.05) is 35.3 Å². The molecule has 3 rings (SSSR count). The number of aromatic nitrogens is 1. The summed E-state index contributed by atoms with van der Waals surface area (Å²) in [5.41, 5.74) is 1.66. The van der Waals surface area contributed by atoms with Gasteiger partial charge in [0.25, 0.3) is 11.8 Å². The summed E-state index contributed by atoms with van der Waals surface area (Å²) < 4.78 is 10.3. The predicted octanol–water partition coefficient (Wildman–Crippen LogP) is 3.62. The Morgan fingerprint density at radius 2 is 1.42 bits per heavy atom. The first-order valence-corrected chi connectivity index (χ1v) is 9.95. The van der Waals surface area contributed by atoms with E-state index in [1.807, 2.05) is 0 Å². The zero-order valence-corrected chi connectivity index (χ0v) is 17.8. The van der Waals surface area contributed by atoms with E-state index in [1.165, 1.54) is 21.1 Å². The second kappa shape index (κ2) is 9.72. The van der Waals surface area contributed by atoms with Crippen molar-refractivity contribution in [2.45, 2.75) is 6.92 Å². The minimum atomic E-state index is -0.424. The molecule has 2 aromatic carbocycles. The maximum atomic E-state index is 12.5. The third-order valence-electron chi connectivity index (χ3n) is 4.03. The highest BCUT2D eigenvalue weighted by Crippen LogP contribution is 2.24. The van der Waals surface area contributed by atoms with Gasteiger partial charge < -0.3 is 20.1 Å². The van der Waals surface area contributed by atoms with Gasteiger partial charge >= 0.3 is 0 Å². The van der Waals surface area contributed by atoms with Gasteiger partial charge in [0.1, 0.15) is 17.2 Å². The fourth-order valence-electron chi connectivity index (χ4n) is 2.58. The number of anilines is 3. The molecule has 9 nitrogen and oxygen atoms in total. The van der Waals surface area contributed by atoms with Crippen LogP contribution in [0.1, 0.15) is 27.8 Å². The molecule has 0 saturated heterocycles. The van der Waals surface area contributed by atoms with Gasteiger partial charge in [0.15, 0.2) is 5.13 Å². The second-order valence-electron chi connectivity index (χ2n) is 6.31. The lowest BCUT2D eigenvalue weighted by molar-refractivity contribution is -0.114. The first-order valence-electron chi connectivity index (χ1n) is 9.07. The highest BCUT2D eigenvalue weighted by atomic mass is 32.1. The number of thiazole rings is 1. The molecular weight excluding hydrogens is 420 g/mol. The molecule has 0 aliphatic carbocycles. The van der Waals surface area contributed by atoms with E-state index in [0.29, 0.717) is 28.4 Å². The zero-order valence-electron chi connectivity index (χ0n) is 17.0. The Bertz CT molecular complexity index is 1090. The summed E-state index contributed by atoms with van der Waals surface area (Å²) in [6.07, 6.45) is 0. The van der Waals surface area contributed by atoms with Crippen molar-refractivity contribution in [3.05, 3.63) is 59.1 Å². The van der Waals surface area contributed by atoms with Crippen molar-refractivity contribution < 1.29 is 23.9 Å². The molecule has 0 bridgehead atoms. The summed E-state index contributed by atoms with van der Waals surface area (Å²) >= 11 is 1.13. The van der Waals surface area contributed by atoms with Crippen LogP contribution >= 0.6 is 11.3 Å². The van der Waals surface area contributed by atoms with Crippen LogP contribution in [0.3, 0.4) is 0 Å². The third kappa shape index (κ3) is 5.80. The van der Waals surface area contributed by atoms with Gasteiger partial charge in [-0.25, -0.2) is 4.98 Å². The van der Waals surface area contributed by atoms with E-state index in [9.17, 15) is 14.4 Å². The van der Waals surface area contributed by atoms with Crippen molar-refractivity contribution in [2.75, 3.05) is 30.2 Å². The van der Waals surface area contributed by atoms with Gasteiger partial charge in [-0.05, 0) is 36.4 Å². The number of amides is 3. The summed E-state index contributed by atoms with van der Waals surface area (Å²) in [4.78, 5) is 40.2. The quantitative estimate of drug-likeness (QED) is 0.516. The van der Waals surface area contributed by atoms with Crippen LogP contribution < -0.4 is 25.4 Å². The first-order chi connectivity index (χ1) is 14.9. The molecule has 3 N–H and O–H groups in total. The lowest BCUT2D eigenvalue weighted by Crippen LogP contribution is -2.14. The summed E-state index contributed by atoms with van der Waals surface area (Å²) in [6.45, 7) is 1.42. The average Bonchev–Trinajstić information content (AvgIpc) is 3.23. The van der Waals surface area contributed by atoms with Crippen LogP contribution in [0, 0.1) is 0 Å². The molecule has 1 aromatic heterocycles. The number of hydrogen-bond acceptors (Lipinski definition) is 7. The maximum absolute atomic E-state index is 12.5. The minimum absolute atomic E-state index is 0.162. The Morgan fingerprint density at radius 1 is 0.839 bits per heavy atom. The highest BCUT2D eigenvalue weighted by Gasteiger charge is 2.15. The largest absolute Gasteiger partial charge is 0.497 e. The molecule has 0 aliphatic rings. The average molecular weight is 440 g/mol. The second-order valence-corrected chi connectivity index (χ2v) is 7.16. The fraction of sp³-hybridized carbons (Fsp3) is 0.143. The Morgan fingerprint density at radius 3 is 1.97 bits per heavy atom. The lowest BCUT2D eigenvalue weighted by Gasteiger charge is -2.08. The molecule has 0 saturated carbocycles. The van der Waals surface area contributed by atoms with Crippen LogP contribution in [0.5, 0.6) is 11.5 Å². The SMILES string of the molecule is COc1cc(OC)cc(C(=O)Nc2nc(C(=O)Nc3ccc(NC(C)=O)cc3)cs2)c1. The standard InChI is InChI=1S/C21H20N4O5S/c1-12(26)22-14-4-6-15(7-5-14)23-20(28)18-11-31-21(24-18)25-19(27)13-8-16(29-2)10-17(9-13)30-3/h4-11H,1-3H3,(H,22,26)(H,23,28)(H,24,25,27). The molecule has 0 aliphatic heterocycles. The highest BCUT2D eigenvalue weighted by molar-refractivity contribution is 7.14. The van der Waals surface area contributed by atoms with Crippen molar-refractivity contribution in [3.8, 4) is 11.5 Å². The normalized spacial score (nSPS) is 10.2. The van der Waals surface area contributed by atoms with Gasteiger partial charge in [0.2, 0.25) is 5.91 Å². The molecule has 10 heteroatoms. The number of hydrogen-bond donors (Lipinski definition) is 3. The number of nitrogens with one attached hydrogen (secondary N) is 3. The lowest BCUT2D eigenvalue weighted by atomic mass is 10.2. The number of carbonyl (C=O) groups is 3. The van der Waals surface area contributed by atoms with E-state index in [-0.39, 0.29) is 16.7 Å². The Labute approximate surface area is 182 Å². The van der Waals surface area contributed by atoms with Gasteiger partial charge in [-0.3, -0.25) is 19.7 Å². The molecule has 31 heavy (non-hydrogen) atoms. The maximum Gasteiger partial charge on any atom is 0.275 e. The Hall–Kier alpha value is -3.92. The van der Waals surface area contributed by atoms with Gasteiger partial charge in [-0.15, -0.1) is 11.3 Å². The summed E-state index contributed by atoms with van der Waals surface area (Å²) in [5, 5.41) is 9.85. The number of carbonyl (C=O) groups excluding carboxylic acids is 3. The van der Waals surface area contributed by atoms with Crippen LogP contribution in [-0.2, 0) is 4.79 Å². The van der Waals surface area contributed by atoms with E-state index >= 15 is 0 Å².